The van der Waals surface area contributed by atoms with Crippen LogP contribution in [0.4, 0.5) is 13.2 Å². The van der Waals surface area contributed by atoms with Gasteiger partial charge in [-0.25, -0.2) is 0 Å². The van der Waals surface area contributed by atoms with Crippen molar-refractivity contribution in [3.63, 3.8) is 0 Å². The number of fused-ring (bicyclic) bond motifs is 1. The van der Waals surface area contributed by atoms with Crippen molar-refractivity contribution in [2.75, 3.05) is 0 Å². The highest BCUT2D eigenvalue weighted by atomic mass is 19.4. The Bertz CT molecular complexity index is 630. The highest BCUT2D eigenvalue weighted by Gasteiger charge is 2.38. The third-order valence-electron chi connectivity index (χ3n) is 3.18. The number of halogens is 3. The Kier molecular flexibility index (Phi) is 2.89. The maximum atomic E-state index is 12.8. The summed E-state index contributed by atoms with van der Waals surface area (Å²) in [7, 11) is -0.838. The topological polar surface area (TPSA) is 18.5 Å². The zero-order valence-corrected chi connectivity index (χ0v) is 10.6. The minimum Gasteiger partial charge on any atom is -0.519 e. The van der Waals surface area contributed by atoms with Crippen LogP contribution in [-0.4, -0.2) is 7.12 Å². The number of aryl methyl sites for hydroxylation is 1. The van der Waals surface area contributed by atoms with E-state index in [1.165, 1.54) is 6.07 Å². The van der Waals surface area contributed by atoms with Crippen molar-refractivity contribution in [1.29, 1.82) is 0 Å². The van der Waals surface area contributed by atoms with Crippen LogP contribution in [0.25, 0.3) is 0 Å². The van der Waals surface area contributed by atoms with E-state index in [1.807, 2.05) is 0 Å². The molecule has 2 aromatic carbocycles. The number of hydrogen-bond acceptors (Lipinski definition) is 2. The van der Waals surface area contributed by atoms with Crippen molar-refractivity contribution < 1.29 is 22.5 Å². The number of rotatable bonds is 1. The minimum atomic E-state index is -4.38. The van der Waals surface area contributed by atoms with Crippen LogP contribution < -0.4 is 14.8 Å². The van der Waals surface area contributed by atoms with E-state index in [4.69, 9.17) is 9.31 Å². The van der Waals surface area contributed by atoms with Crippen LogP contribution in [0.3, 0.4) is 0 Å². The molecule has 0 fully saturated rings. The smallest absolute Gasteiger partial charge is 0.519 e. The molecular formula is C14H10BF3O2. The van der Waals surface area contributed by atoms with Gasteiger partial charge in [0.1, 0.15) is 11.5 Å². The quantitative estimate of drug-likeness (QED) is 0.746. The first kappa shape index (κ1) is 12.9. The Labute approximate surface area is 114 Å². The SMILES string of the molecule is Cc1ccc(C(F)(F)F)cc1B1Oc2ccccc2O1. The molecular weight excluding hydrogens is 268 g/mol. The second-order valence-electron chi connectivity index (χ2n) is 4.58. The molecule has 0 spiro atoms. The molecule has 3 rings (SSSR count). The molecule has 1 heterocycles. The molecule has 0 aromatic heterocycles. The van der Waals surface area contributed by atoms with E-state index in [2.05, 4.69) is 0 Å². The van der Waals surface area contributed by atoms with Gasteiger partial charge in [0.25, 0.3) is 0 Å². The molecule has 1 aliphatic rings. The van der Waals surface area contributed by atoms with Gasteiger partial charge in [-0.3, -0.25) is 0 Å². The van der Waals surface area contributed by atoms with E-state index in [9.17, 15) is 13.2 Å². The summed E-state index contributed by atoms with van der Waals surface area (Å²) in [5, 5.41) is 0. The van der Waals surface area contributed by atoms with Crippen LogP contribution in [0, 0.1) is 6.92 Å². The largest absolute Gasteiger partial charge is 0.633 e. The van der Waals surface area contributed by atoms with E-state index < -0.39 is 18.9 Å². The molecule has 0 N–H and O–H groups in total. The molecule has 0 aliphatic carbocycles. The van der Waals surface area contributed by atoms with Crippen molar-refractivity contribution in [1.82, 2.24) is 0 Å². The molecule has 2 aromatic rings. The summed E-state index contributed by atoms with van der Waals surface area (Å²) < 4.78 is 49.4. The highest BCUT2D eigenvalue weighted by molar-refractivity contribution is 6.64. The third kappa shape index (κ3) is 2.22. The summed E-state index contributed by atoms with van der Waals surface area (Å²) >= 11 is 0. The Balaban J connectivity index is 1.96. The predicted molar refractivity (Wildman–Crippen MR) is 69.3 cm³/mol. The molecule has 0 unspecified atom stereocenters. The summed E-state index contributed by atoms with van der Waals surface area (Å²) in [5.74, 6) is 1.07. The number of benzene rings is 2. The van der Waals surface area contributed by atoms with Crippen LogP contribution >= 0.6 is 0 Å². The van der Waals surface area contributed by atoms with E-state index in [-0.39, 0.29) is 0 Å². The van der Waals surface area contributed by atoms with Gasteiger partial charge < -0.3 is 9.31 Å². The molecule has 0 amide bonds. The van der Waals surface area contributed by atoms with Gasteiger partial charge >= 0.3 is 13.3 Å². The zero-order chi connectivity index (χ0) is 14.3. The first-order valence-corrected chi connectivity index (χ1v) is 6.05. The minimum absolute atomic E-state index is 0.385. The Morgan fingerprint density at radius 1 is 0.950 bits per heavy atom. The van der Waals surface area contributed by atoms with Crippen LogP contribution in [0.2, 0.25) is 0 Å². The lowest BCUT2D eigenvalue weighted by molar-refractivity contribution is -0.137. The molecule has 0 atom stereocenters. The van der Waals surface area contributed by atoms with Gasteiger partial charge in [-0.05, 0) is 36.8 Å². The van der Waals surface area contributed by atoms with Gasteiger partial charge in [-0.15, -0.1) is 0 Å². The summed E-state index contributed by atoms with van der Waals surface area (Å²) in [6, 6.07) is 10.6. The van der Waals surface area contributed by atoms with E-state index in [1.54, 1.807) is 31.2 Å². The van der Waals surface area contributed by atoms with Gasteiger partial charge in [0, 0.05) is 5.46 Å². The number of alkyl halides is 3. The first-order valence-electron chi connectivity index (χ1n) is 6.05. The number of hydrogen-bond donors (Lipinski definition) is 0. The molecule has 0 saturated heterocycles. The van der Waals surface area contributed by atoms with Gasteiger partial charge in [0.2, 0.25) is 0 Å². The standard InChI is InChI=1S/C14H10BF3O2/c1-9-6-7-10(14(16,17)18)8-11(9)15-19-12-4-2-3-5-13(12)20-15/h2-8H,1H3. The van der Waals surface area contributed by atoms with Crippen LogP contribution in [0.1, 0.15) is 11.1 Å². The Hall–Kier alpha value is -2.11. The summed E-state index contributed by atoms with van der Waals surface area (Å²) in [4.78, 5) is 0. The first-order chi connectivity index (χ1) is 9.45. The van der Waals surface area contributed by atoms with E-state index >= 15 is 0 Å². The summed E-state index contributed by atoms with van der Waals surface area (Å²) in [5.41, 5.74) is 0.369. The molecule has 1 aliphatic heterocycles. The zero-order valence-electron chi connectivity index (χ0n) is 10.6. The predicted octanol–water partition coefficient (Wildman–Crippen LogP) is 3.18. The molecule has 0 radical (unpaired) electrons. The Morgan fingerprint density at radius 2 is 1.55 bits per heavy atom. The van der Waals surface area contributed by atoms with Crippen molar-refractivity contribution >= 4 is 12.6 Å². The van der Waals surface area contributed by atoms with E-state index in [0.29, 0.717) is 22.5 Å². The number of para-hydroxylation sites is 2. The lowest BCUT2D eigenvalue weighted by Crippen LogP contribution is -2.41. The lowest BCUT2D eigenvalue weighted by Gasteiger charge is -2.12. The van der Waals surface area contributed by atoms with Crippen molar-refractivity contribution in [2.24, 2.45) is 0 Å². The molecule has 20 heavy (non-hydrogen) atoms. The second-order valence-corrected chi connectivity index (χ2v) is 4.58. The van der Waals surface area contributed by atoms with Gasteiger partial charge in [-0.1, -0.05) is 18.2 Å². The Morgan fingerprint density at radius 3 is 2.10 bits per heavy atom. The van der Waals surface area contributed by atoms with Gasteiger partial charge in [0.05, 0.1) is 5.56 Å². The summed E-state index contributed by atoms with van der Waals surface area (Å²) in [6.07, 6.45) is -4.38. The van der Waals surface area contributed by atoms with Gasteiger partial charge in [-0.2, -0.15) is 13.2 Å². The van der Waals surface area contributed by atoms with Crippen molar-refractivity contribution in [2.45, 2.75) is 13.1 Å². The molecule has 0 bridgehead atoms. The normalized spacial score (nSPS) is 13.7. The van der Waals surface area contributed by atoms with Crippen LogP contribution in [-0.2, 0) is 6.18 Å². The molecule has 0 saturated carbocycles. The monoisotopic (exact) mass is 278 g/mol. The average molecular weight is 278 g/mol. The molecule has 2 nitrogen and oxygen atoms in total. The fourth-order valence-electron chi connectivity index (χ4n) is 2.10. The fraction of sp³-hybridized carbons (Fsp3) is 0.143. The summed E-state index contributed by atoms with van der Waals surface area (Å²) in [6.45, 7) is 1.73. The fourth-order valence-corrected chi connectivity index (χ4v) is 2.10. The van der Waals surface area contributed by atoms with Crippen molar-refractivity contribution in [3.05, 3.63) is 53.6 Å². The van der Waals surface area contributed by atoms with Crippen molar-refractivity contribution in [3.8, 4) is 11.5 Å². The van der Waals surface area contributed by atoms with E-state index in [0.717, 1.165) is 12.1 Å². The molecule has 102 valence electrons. The average Bonchev–Trinajstić information content (AvgIpc) is 2.81. The van der Waals surface area contributed by atoms with Crippen LogP contribution in [0.15, 0.2) is 42.5 Å². The molecule has 6 heteroatoms. The highest BCUT2D eigenvalue weighted by Crippen LogP contribution is 2.33. The second kappa shape index (κ2) is 4.47. The van der Waals surface area contributed by atoms with Crippen LogP contribution in [0.5, 0.6) is 11.5 Å². The maximum absolute atomic E-state index is 12.8. The van der Waals surface area contributed by atoms with Gasteiger partial charge in [0.15, 0.2) is 0 Å². The third-order valence-corrected chi connectivity index (χ3v) is 3.18. The maximum Gasteiger partial charge on any atom is 0.633 e. The lowest BCUT2D eigenvalue weighted by atomic mass is 9.75.